The van der Waals surface area contributed by atoms with Crippen LogP contribution in [0.5, 0.6) is 11.5 Å². The number of hydrogen-bond donors (Lipinski definition) is 1. The van der Waals surface area contributed by atoms with Crippen LogP contribution in [0.3, 0.4) is 0 Å². The van der Waals surface area contributed by atoms with Crippen molar-refractivity contribution < 1.29 is 17.9 Å². The summed E-state index contributed by atoms with van der Waals surface area (Å²) in [4.78, 5) is 12.8. The number of anilines is 1. The van der Waals surface area contributed by atoms with Crippen LogP contribution in [0.25, 0.3) is 0 Å². The number of nitrogens with zero attached hydrogens (tertiary/aromatic N) is 1. The van der Waals surface area contributed by atoms with Gasteiger partial charge in [-0.1, -0.05) is 61.5 Å². The molecule has 0 radical (unpaired) electrons. The lowest BCUT2D eigenvalue weighted by Crippen LogP contribution is -2.41. The smallest absolute Gasteiger partial charge is 0.241 e. The second-order valence-corrected chi connectivity index (χ2v) is 9.44. The van der Waals surface area contributed by atoms with Gasteiger partial charge in [0, 0.05) is 0 Å². The van der Waals surface area contributed by atoms with E-state index in [0.29, 0.717) is 17.2 Å². The Labute approximate surface area is 189 Å². The van der Waals surface area contributed by atoms with E-state index in [1.165, 1.54) is 5.56 Å². The molecule has 1 amide bonds. The van der Waals surface area contributed by atoms with Gasteiger partial charge in [0.05, 0.1) is 18.0 Å². The van der Waals surface area contributed by atoms with Gasteiger partial charge in [-0.25, -0.2) is 8.42 Å². The number of para-hydroxylation sites is 3. The fourth-order valence-corrected chi connectivity index (χ4v) is 4.15. The molecule has 32 heavy (non-hydrogen) atoms. The Morgan fingerprint density at radius 2 is 1.59 bits per heavy atom. The fourth-order valence-electron chi connectivity index (χ4n) is 3.29. The van der Waals surface area contributed by atoms with Gasteiger partial charge in [-0.15, -0.1) is 0 Å². The molecule has 1 N–H and O–H groups in total. The molecule has 0 fully saturated rings. The molecule has 0 unspecified atom stereocenters. The molecule has 0 aromatic heterocycles. The van der Waals surface area contributed by atoms with Crippen LogP contribution in [0.2, 0.25) is 0 Å². The Morgan fingerprint density at radius 1 is 0.969 bits per heavy atom. The SMILES string of the molecule is CCc1ccc([C@@H](C)NC(=O)CN(c2ccccc2Oc2ccccc2)S(C)(=O)=O)cc1. The van der Waals surface area contributed by atoms with Crippen molar-refractivity contribution >= 4 is 21.6 Å². The van der Waals surface area contributed by atoms with Crippen molar-refractivity contribution in [2.45, 2.75) is 26.3 Å². The lowest BCUT2D eigenvalue weighted by atomic mass is 10.1. The van der Waals surface area contributed by atoms with Crippen LogP contribution >= 0.6 is 0 Å². The minimum Gasteiger partial charge on any atom is -0.455 e. The molecule has 0 aliphatic rings. The zero-order valence-electron chi connectivity index (χ0n) is 18.5. The molecule has 0 spiro atoms. The predicted octanol–water partition coefficient (Wildman–Crippen LogP) is 4.68. The van der Waals surface area contributed by atoms with Gasteiger partial charge >= 0.3 is 0 Å². The Morgan fingerprint density at radius 3 is 2.22 bits per heavy atom. The summed E-state index contributed by atoms with van der Waals surface area (Å²) < 4.78 is 32.1. The average Bonchev–Trinajstić information content (AvgIpc) is 2.78. The van der Waals surface area contributed by atoms with E-state index in [1.54, 1.807) is 36.4 Å². The van der Waals surface area contributed by atoms with Gasteiger partial charge in [0.2, 0.25) is 15.9 Å². The zero-order valence-corrected chi connectivity index (χ0v) is 19.3. The van der Waals surface area contributed by atoms with E-state index in [1.807, 2.05) is 49.4 Å². The highest BCUT2D eigenvalue weighted by Crippen LogP contribution is 2.33. The summed E-state index contributed by atoms with van der Waals surface area (Å²) >= 11 is 0. The molecule has 0 aliphatic carbocycles. The van der Waals surface area contributed by atoms with Crippen LogP contribution in [0, 0.1) is 0 Å². The maximum Gasteiger partial charge on any atom is 0.241 e. The molecule has 0 saturated heterocycles. The summed E-state index contributed by atoms with van der Waals surface area (Å²) in [5.41, 5.74) is 2.47. The first-order chi connectivity index (χ1) is 15.3. The van der Waals surface area contributed by atoms with Crippen LogP contribution in [0.1, 0.15) is 31.0 Å². The Kier molecular flexibility index (Phi) is 7.53. The number of benzene rings is 3. The summed E-state index contributed by atoms with van der Waals surface area (Å²) in [7, 11) is -3.74. The molecule has 3 aromatic carbocycles. The Balaban J connectivity index is 1.79. The van der Waals surface area contributed by atoms with Crippen LogP contribution in [-0.4, -0.2) is 27.1 Å². The minimum absolute atomic E-state index is 0.259. The first-order valence-electron chi connectivity index (χ1n) is 10.5. The van der Waals surface area contributed by atoms with Crippen molar-refractivity contribution in [3.05, 3.63) is 90.0 Å². The lowest BCUT2D eigenvalue weighted by molar-refractivity contribution is -0.120. The third kappa shape index (κ3) is 6.11. The summed E-state index contributed by atoms with van der Waals surface area (Å²) in [5.74, 6) is 0.513. The van der Waals surface area contributed by atoms with E-state index >= 15 is 0 Å². The molecule has 7 heteroatoms. The number of hydrogen-bond acceptors (Lipinski definition) is 4. The first-order valence-corrected chi connectivity index (χ1v) is 12.3. The molecule has 3 aromatic rings. The van der Waals surface area contributed by atoms with Crippen molar-refractivity contribution in [1.82, 2.24) is 5.32 Å². The molecule has 0 saturated carbocycles. The molecule has 6 nitrogen and oxygen atoms in total. The number of amides is 1. The van der Waals surface area contributed by atoms with Crippen molar-refractivity contribution in [2.75, 3.05) is 17.1 Å². The molecular weight excluding hydrogens is 424 g/mol. The van der Waals surface area contributed by atoms with Gasteiger partial charge in [0.1, 0.15) is 12.3 Å². The van der Waals surface area contributed by atoms with Crippen molar-refractivity contribution in [1.29, 1.82) is 0 Å². The van der Waals surface area contributed by atoms with Gasteiger partial charge in [0.25, 0.3) is 0 Å². The molecule has 0 heterocycles. The molecule has 1 atom stereocenters. The standard InChI is InChI=1S/C25H28N2O4S/c1-4-20-14-16-21(17-15-20)19(2)26-25(28)18-27(32(3,29)30)23-12-8-9-13-24(23)31-22-10-6-5-7-11-22/h5-17,19H,4,18H2,1-3H3,(H,26,28)/t19-/m1/s1. The topological polar surface area (TPSA) is 75.7 Å². The van der Waals surface area contributed by atoms with E-state index in [4.69, 9.17) is 4.74 Å². The maximum atomic E-state index is 12.8. The highest BCUT2D eigenvalue weighted by Gasteiger charge is 2.25. The quantitative estimate of drug-likeness (QED) is 0.511. The fraction of sp³-hybridized carbons (Fsp3) is 0.240. The maximum absolute atomic E-state index is 12.8. The van der Waals surface area contributed by atoms with Gasteiger partial charge in [0.15, 0.2) is 5.75 Å². The van der Waals surface area contributed by atoms with Crippen molar-refractivity contribution in [2.24, 2.45) is 0 Å². The van der Waals surface area contributed by atoms with Crippen LogP contribution in [-0.2, 0) is 21.2 Å². The van der Waals surface area contributed by atoms with Crippen LogP contribution in [0.4, 0.5) is 5.69 Å². The molecule has 3 rings (SSSR count). The van der Waals surface area contributed by atoms with E-state index in [9.17, 15) is 13.2 Å². The van der Waals surface area contributed by atoms with Crippen LogP contribution in [0.15, 0.2) is 78.9 Å². The first kappa shape index (κ1) is 23.3. The Hall–Kier alpha value is -3.32. The second-order valence-electron chi connectivity index (χ2n) is 7.54. The van der Waals surface area contributed by atoms with Crippen molar-refractivity contribution in [3.8, 4) is 11.5 Å². The summed E-state index contributed by atoms with van der Waals surface area (Å²) in [6.07, 6.45) is 2.02. The average molecular weight is 453 g/mol. The molecule has 0 bridgehead atoms. The van der Waals surface area contributed by atoms with E-state index < -0.39 is 15.9 Å². The number of rotatable bonds is 9. The normalized spacial score (nSPS) is 12.1. The summed E-state index contributed by atoms with van der Waals surface area (Å²) in [6.45, 7) is 3.60. The third-order valence-corrected chi connectivity index (χ3v) is 6.18. The van der Waals surface area contributed by atoms with Gasteiger partial charge in [-0.2, -0.15) is 0 Å². The number of sulfonamides is 1. The summed E-state index contributed by atoms with van der Waals surface area (Å²) in [5, 5.41) is 2.89. The largest absolute Gasteiger partial charge is 0.455 e. The van der Waals surface area contributed by atoms with E-state index in [0.717, 1.165) is 22.5 Å². The van der Waals surface area contributed by atoms with Crippen molar-refractivity contribution in [3.63, 3.8) is 0 Å². The van der Waals surface area contributed by atoms with Crippen LogP contribution < -0.4 is 14.4 Å². The predicted molar refractivity (Wildman–Crippen MR) is 128 cm³/mol. The highest BCUT2D eigenvalue weighted by atomic mass is 32.2. The lowest BCUT2D eigenvalue weighted by Gasteiger charge is -2.25. The van der Waals surface area contributed by atoms with E-state index in [2.05, 4.69) is 12.2 Å². The molecule has 0 aliphatic heterocycles. The Bertz CT molecular complexity index is 1150. The summed E-state index contributed by atoms with van der Waals surface area (Å²) in [6, 6.07) is 23.6. The molecule has 168 valence electrons. The number of carbonyl (C=O) groups excluding carboxylic acids is 1. The number of ether oxygens (including phenoxy) is 1. The highest BCUT2D eigenvalue weighted by molar-refractivity contribution is 7.92. The minimum atomic E-state index is -3.74. The number of nitrogens with one attached hydrogen (secondary N) is 1. The van der Waals surface area contributed by atoms with Gasteiger partial charge in [-0.3, -0.25) is 9.10 Å². The second kappa shape index (κ2) is 10.3. The molecular formula is C25H28N2O4S. The van der Waals surface area contributed by atoms with E-state index in [-0.39, 0.29) is 12.6 Å². The van der Waals surface area contributed by atoms with Gasteiger partial charge in [-0.05, 0) is 48.7 Å². The number of aryl methyl sites for hydroxylation is 1. The van der Waals surface area contributed by atoms with Gasteiger partial charge < -0.3 is 10.1 Å². The number of carbonyl (C=O) groups is 1. The zero-order chi connectivity index (χ0) is 23.1. The monoisotopic (exact) mass is 452 g/mol. The third-order valence-electron chi connectivity index (χ3n) is 5.06.